The van der Waals surface area contributed by atoms with Crippen molar-refractivity contribution in [2.24, 2.45) is 5.73 Å². The largest absolute Gasteiger partial charge is 0.484 e. The molecule has 0 spiro atoms. The Morgan fingerprint density at radius 1 is 1.07 bits per heavy atom. The van der Waals surface area contributed by atoms with Gasteiger partial charge in [-0.05, 0) is 43.3 Å². The maximum atomic E-state index is 13.0. The molecule has 3 N–H and O–H groups in total. The lowest BCUT2D eigenvalue weighted by Gasteiger charge is -2.17. The number of hydrogen-bond acceptors (Lipinski definition) is 5. The summed E-state index contributed by atoms with van der Waals surface area (Å²) in [4.78, 5) is 34.9. The molecule has 2 amide bonds. The van der Waals surface area contributed by atoms with Crippen LogP contribution in [0.25, 0.3) is 0 Å². The van der Waals surface area contributed by atoms with Gasteiger partial charge in [0, 0.05) is 0 Å². The summed E-state index contributed by atoms with van der Waals surface area (Å²) in [6.07, 6.45) is -6.00. The summed E-state index contributed by atoms with van der Waals surface area (Å²) in [5.74, 6) is -2.16. The number of benzene rings is 2. The molecule has 0 aliphatic carbocycles. The highest BCUT2D eigenvalue weighted by Crippen LogP contribution is 2.34. The lowest BCUT2D eigenvalue weighted by atomic mass is 10.1. The van der Waals surface area contributed by atoms with Crippen LogP contribution in [0.5, 0.6) is 5.75 Å². The van der Waals surface area contributed by atoms with Crippen LogP contribution in [0, 0.1) is 0 Å². The first-order chi connectivity index (χ1) is 13.6. The van der Waals surface area contributed by atoms with E-state index in [0.717, 1.165) is 12.1 Å². The molecule has 0 unspecified atom stereocenters. The van der Waals surface area contributed by atoms with Crippen LogP contribution in [-0.4, -0.2) is 30.5 Å². The fourth-order valence-electron chi connectivity index (χ4n) is 2.20. The molecule has 0 aliphatic heterocycles. The van der Waals surface area contributed by atoms with Crippen molar-refractivity contribution in [1.82, 2.24) is 0 Å². The Bertz CT molecular complexity index is 897. The zero-order valence-electron chi connectivity index (χ0n) is 15.2. The number of halogens is 3. The first kappa shape index (κ1) is 21.7. The van der Waals surface area contributed by atoms with E-state index in [1.54, 1.807) is 0 Å². The number of amides is 2. The second-order valence-corrected chi connectivity index (χ2v) is 5.86. The van der Waals surface area contributed by atoms with Crippen molar-refractivity contribution in [2.75, 3.05) is 11.9 Å². The van der Waals surface area contributed by atoms with Gasteiger partial charge in [-0.3, -0.25) is 9.59 Å². The molecule has 29 heavy (non-hydrogen) atoms. The van der Waals surface area contributed by atoms with Gasteiger partial charge in [0.15, 0.2) is 12.7 Å². The number of nitrogens with one attached hydrogen (secondary N) is 1. The van der Waals surface area contributed by atoms with Crippen LogP contribution in [0.1, 0.15) is 22.8 Å². The molecule has 2 rings (SSSR count). The van der Waals surface area contributed by atoms with Crippen molar-refractivity contribution < 1.29 is 37.0 Å². The second kappa shape index (κ2) is 9.09. The Morgan fingerprint density at radius 3 is 2.28 bits per heavy atom. The van der Waals surface area contributed by atoms with Crippen molar-refractivity contribution >= 4 is 23.5 Å². The molecule has 0 bridgehead atoms. The van der Waals surface area contributed by atoms with Gasteiger partial charge in [-0.1, -0.05) is 12.1 Å². The smallest absolute Gasteiger partial charge is 0.418 e. The Balaban J connectivity index is 1.99. The minimum absolute atomic E-state index is 0.0757. The number of anilines is 1. The minimum Gasteiger partial charge on any atom is -0.484 e. The molecular weight excluding hydrogens is 393 g/mol. The lowest BCUT2D eigenvalue weighted by Crippen LogP contribution is -2.30. The van der Waals surface area contributed by atoms with Gasteiger partial charge in [0.1, 0.15) is 5.75 Å². The molecule has 2 aromatic rings. The normalized spacial score (nSPS) is 12.0. The van der Waals surface area contributed by atoms with Crippen molar-refractivity contribution in [3.8, 4) is 5.75 Å². The van der Waals surface area contributed by atoms with Gasteiger partial charge in [-0.15, -0.1) is 0 Å². The highest BCUT2D eigenvalue weighted by atomic mass is 19.4. The summed E-state index contributed by atoms with van der Waals surface area (Å²) >= 11 is 0. The van der Waals surface area contributed by atoms with Crippen LogP contribution in [0.2, 0.25) is 0 Å². The first-order valence-corrected chi connectivity index (χ1v) is 8.27. The van der Waals surface area contributed by atoms with Gasteiger partial charge >= 0.3 is 12.1 Å². The van der Waals surface area contributed by atoms with E-state index in [4.69, 9.17) is 15.2 Å². The van der Waals surface area contributed by atoms with Crippen LogP contribution in [-0.2, 0) is 20.5 Å². The molecular formula is C19H17F3N2O5. The van der Waals surface area contributed by atoms with E-state index in [-0.39, 0.29) is 17.9 Å². The number of carbonyl (C=O) groups excluding carboxylic acids is 3. The fraction of sp³-hybridized carbons (Fsp3) is 0.211. The van der Waals surface area contributed by atoms with Crippen LogP contribution in [0.3, 0.4) is 0 Å². The van der Waals surface area contributed by atoms with E-state index in [9.17, 15) is 27.6 Å². The Morgan fingerprint density at radius 2 is 1.69 bits per heavy atom. The predicted molar refractivity (Wildman–Crippen MR) is 96.1 cm³/mol. The van der Waals surface area contributed by atoms with Crippen LogP contribution in [0.15, 0.2) is 48.5 Å². The summed E-state index contributed by atoms with van der Waals surface area (Å²) in [6, 6.07) is 9.91. The number of rotatable bonds is 7. The maximum absolute atomic E-state index is 13.0. The molecule has 0 aliphatic rings. The summed E-state index contributed by atoms with van der Waals surface area (Å²) in [5, 5.41) is 2.11. The maximum Gasteiger partial charge on any atom is 0.418 e. The number of ether oxygens (including phenoxy) is 2. The van der Waals surface area contributed by atoms with Gasteiger partial charge in [-0.2, -0.15) is 13.2 Å². The average Bonchev–Trinajstić information content (AvgIpc) is 2.66. The molecule has 7 nitrogen and oxygen atoms in total. The molecule has 0 heterocycles. The average molecular weight is 410 g/mol. The quantitative estimate of drug-likeness (QED) is 0.683. The van der Waals surface area contributed by atoms with Crippen LogP contribution >= 0.6 is 0 Å². The molecule has 0 saturated carbocycles. The fourth-order valence-corrected chi connectivity index (χ4v) is 2.20. The highest BCUT2D eigenvalue weighted by molar-refractivity contribution is 5.97. The third-order valence-corrected chi connectivity index (χ3v) is 3.61. The van der Waals surface area contributed by atoms with E-state index < -0.39 is 41.3 Å². The van der Waals surface area contributed by atoms with Crippen LogP contribution in [0.4, 0.5) is 18.9 Å². The van der Waals surface area contributed by atoms with E-state index in [1.807, 2.05) is 0 Å². The molecule has 1 atom stereocenters. The molecule has 10 heteroatoms. The minimum atomic E-state index is -4.65. The number of hydrogen-bond donors (Lipinski definition) is 2. The molecule has 0 radical (unpaired) electrons. The van der Waals surface area contributed by atoms with Crippen molar-refractivity contribution in [3.63, 3.8) is 0 Å². The SMILES string of the molecule is C[C@H](OC(=O)c1ccc(OCC(N)=O)cc1)C(=O)Nc1ccccc1C(F)(F)F. The standard InChI is InChI=1S/C19H17F3N2O5/c1-11(17(26)24-15-5-3-2-4-14(15)19(20,21)22)29-18(27)12-6-8-13(9-7-12)28-10-16(23)25/h2-9,11H,10H2,1H3,(H2,23,25)(H,24,26)/t11-/m0/s1. The van der Waals surface area contributed by atoms with Gasteiger partial charge in [-0.25, -0.2) is 4.79 Å². The number of esters is 1. The molecule has 0 aromatic heterocycles. The summed E-state index contributed by atoms with van der Waals surface area (Å²) in [5.41, 5.74) is 3.57. The Hall–Kier alpha value is -3.56. The zero-order valence-corrected chi connectivity index (χ0v) is 15.2. The molecule has 0 fully saturated rings. The van der Waals surface area contributed by atoms with Crippen molar-refractivity contribution in [3.05, 3.63) is 59.7 Å². The third kappa shape index (κ3) is 6.23. The van der Waals surface area contributed by atoms with Gasteiger partial charge in [0.05, 0.1) is 16.8 Å². The van der Waals surface area contributed by atoms with Gasteiger partial charge in [0.2, 0.25) is 0 Å². The van der Waals surface area contributed by atoms with E-state index in [0.29, 0.717) is 0 Å². The van der Waals surface area contributed by atoms with Gasteiger partial charge in [0.25, 0.3) is 11.8 Å². The Labute approximate surface area is 163 Å². The lowest BCUT2D eigenvalue weighted by molar-refractivity contribution is -0.137. The van der Waals surface area contributed by atoms with E-state index in [2.05, 4.69) is 5.32 Å². The number of nitrogens with two attached hydrogens (primary N) is 1. The summed E-state index contributed by atoms with van der Waals surface area (Å²) < 4.78 is 49.0. The second-order valence-electron chi connectivity index (χ2n) is 5.86. The van der Waals surface area contributed by atoms with Crippen molar-refractivity contribution in [2.45, 2.75) is 19.2 Å². The predicted octanol–water partition coefficient (Wildman–Crippen LogP) is 2.75. The molecule has 154 valence electrons. The number of primary amides is 1. The number of para-hydroxylation sites is 1. The van der Waals surface area contributed by atoms with Gasteiger partial charge < -0.3 is 20.5 Å². The Kier molecular flexibility index (Phi) is 6.81. The summed E-state index contributed by atoms with van der Waals surface area (Å²) in [6.45, 7) is 0.897. The van der Waals surface area contributed by atoms with E-state index >= 15 is 0 Å². The number of alkyl halides is 3. The zero-order chi connectivity index (χ0) is 21.6. The van der Waals surface area contributed by atoms with Crippen LogP contribution < -0.4 is 15.8 Å². The third-order valence-electron chi connectivity index (χ3n) is 3.61. The molecule has 0 saturated heterocycles. The molecule has 2 aromatic carbocycles. The first-order valence-electron chi connectivity index (χ1n) is 8.27. The topological polar surface area (TPSA) is 108 Å². The van der Waals surface area contributed by atoms with E-state index in [1.165, 1.54) is 43.3 Å². The summed E-state index contributed by atoms with van der Waals surface area (Å²) in [7, 11) is 0. The van der Waals surface area contributed by atoms with Crippen molar-refractivity contribution in [1.29, 1.82) is 0 Å². The highest BCUT2D eigenvalue weighted by Gasteiger charge is 2.34. The monoisotopic (exact) mass is 410 g/mol. The number of carbonyl (C=O) groups is 3.